The molecule has 34 heavy (non-hydrogen) atoms. The van der Waals surface area contributed by atoms with Crippen LogP contribution in [0.3, 0.4) is 0 Å². The zero-order valence-electron chi connectivity index (χ0n) is 20.1. The van der Waals surface area contributed by atoms with Crippen LogP contribution in [0.5, 0.6) is 0 Å². The zero-order chi connectivity index (χ0) is 23.5. The summed E-state index contributed by atoms with van der Waals surface area (Å²) in [4.78, 5) is 26.5. The first-order valence-corrected chi connectivity index (χ1v) is 12.4. The van der Waals surface area contributed by atoms with Gasteiger partial charge >= 0.3 is 0 Å². The standard InChI is InChI=1S/C28H33N5O/c1-20-8-5-13-24(16-20)32(2)27-18-26(29-19-30-27)31-23-12-6-10-22(17-23)28(34)33-15-7-11-21-9-3-4-14-25(21)33/h5-6,8,10,12-13,16-19,21,25H,3-4,7,9,11,14-15H2,1-2H3,(H,29,30,31). The number of nitrogens with zero attached hydrogens (tertiary/aromatic N) is 4. The second-order valence-corrected chi connectivity index (χ2v) is 9.62. The highest BCUT2D eigenvalue weighted by Gasteiger charge is 2.35. The first-order chi connectivity index (χ1) is 16.6. The smallest absolute Gasteiger partial charge is 0.254 e. The van der Waals surface area contributed by atoms with Gasteiger partial charge in [0.25, 0.3) is 5.91 Å². The van der Waals surface area contributed by atoms with Crippen molar-refractivity contribution in [2.75, 3.05) is 23.8 Å². The number of anilines is 4. The predicted octanol–water partition coefficient (Wildman–Crippen LogP) is 6.09. The topological polar surface area (TPSA) is 61.4 Å². The zero-order valence-corrected chi connectivity index (χ0v) is 20.1. The van der Waals surface area contributed by atoms with Crippen LogP contribution in [0.25, 0.3) is 0 Å². The molecule has 0 radical (unpaired) electrons. The van der Waals surface area contributed by atoms with Crippen LogP contribution >= 0.6 is 0 Å². The lowest BCUT2D eigenvalue weighted by Crippen LogP contribution is -2.49. The molecule has 2 fully saturated rings. The summed E-state index contributed by atoms with van der Waals surface area (Å²) in [5.74, 6) is 2.33. The molecule has 1 aromatic heterocycles. The molecule has 2 atom stereocenters. The summed E-state index contributed by atoms with van der Waals surface area (Å²) in [6, 6.07) is 18.4. The molecule has 1 aliphatic heterocycles. The number of fused-ring (bicyclic) bond motifs is 1. The Morgan fingerprint density at radius 2 is 1.82 bits per heavy atom. The highest BCUT2D eigenvalue weighted by atomic mass is 16.2. The normalized spacial score (nSPS) is 19.9. The minimum atomic E-state index is 0.155. The maximum absolute atomic E-state index is 13.5. The average molecular weight is 456 g/mol. The summed E-state index contributed by atoms with van der Waals surface area (Å²) in [7, 11) is 2.00. The van der Waals surface area contributed by atoms with Crippen molar-refractivity contribution in [1.29, 1.82) is 0 Å². The molecule has 2 aliphatic rings. The van der Waals surface area contributed by atoms with Crippen molar-refractivity contribution >= 4 is 28.9 Å². The number of hydrogen-bond donors (Lipinski definition) is 1. The lowest BCUT2D eigenvalue weighted by atomic mass is 9.78. The van der Waals surface area contributed by atoms with E-state index >= 15 is 0 Å². The average Bonchev–Trinajstić information content (AvgIpc) is 2.88. The fourth-order valence-electron chi connectivity index (χ4n) is 5.49. The lowest BCUT2D eigenvalue weighted by molar-refractivity contribution is 0.0391. The first-order valence-electron chi connectivity index (χ1n) is 12.4. The number of aromatic nitrogens is 2. The molecule has 1 saturated carbocycles. The Morgan fingerprint density at radius 1 is 1.00 bits per heavy atom. The Kier molecular flexibility index (Phi) is 6.48. The largest absolute Gasteiger partial charge is 0.340 e. The molecule has 1 aliphatic carbocycles. The molecule has 6 heteroatoms. The number of benzene rings is 2. The van der Waals surface area contributed by atoms with Crippen LogP contribution in [0, 0.1) is 12.8 Å². The van der Waals surface area contributed by atoms with Gasteiger partial charge in [0.15, 0.2) is 0 Å². The van der Waals surface area contributed by atoms with Gasteiger partial charge in [0.2, 0.25) is 0 Å². The van der Waals surface area contributed by atoms with Crippen molar-refractivity contribution in [3.05, 3.63) is 72.1 Å². The maximum atomic E-state index is 13.5. The van der Waals surface area contributed by atoms with Gasteiger partial charge in [0, 0.05) is 42.6 Å². The van der Waals surface area contributed by atoms with Crippen LogP contribution < -0.4 is 10.2 Å². The summed E-state index contributed by atoms with van der Waals surface area (Å²) < 4.78 is 0. The third-order valence-electron chi connectivity index (χ3n) is 7.27. The van der Waals surface area contributed by atoms with Gasteiger partial charge in [-0.05, 0) is 74.4 Å². The van der Waals surface area contributed by atoms with E-state index < -0.39 is 0 Å². The number of nitrogens with one attached hydrogen (secondary N) is 1. The van der Waals surface area contributed by atoms with E-state index in [2.05, 4.69) is 45.3 Å². The minimum absolute atomic E-state index is 0.155. The van der Waals surface area contributed by atoms with E-state index in [0.717, 1.165) is 42.1 Å². The van der Waals surface area contributed by atoms with Crippen molar-refractivity contribution in [2.45, 2.75) is 51.5 Å². The van der Waals surface area contributed by atoms with Gasteiger partial charge < -0.3 is 15.1 Å². The van der Waals surface area contributed by atoms with Crippen molar-refractivity contribution in [3.63, 3.8) is 0 Å². The summed E-state index contributed by atoms with van der Waals surface area (Å²) in [6.07, 6.45) is 8.90. The fourth-order valence-corrected chi connectivity index (χ4v) is 5.49. The number of piperidine rings is 1. The number of carbonyl (C=O) groups is 1. The van der Waals surface area contributed by atoms with Gasteiger partial charge in [-0.1, -0.05) is 31.0 Å². The van der Waals surface area contributed by atoms with Crippen molar-refractivity contribution < 1.29 is 4.79 Å². The minimum Gasteiger partial charge on any atom is -0.340 e. The maximum Gasteiger partial charge on any atom is 0.254 e. The van der Waals surface area contributed by atoms with Gasteiger partial charge in [0.1, 0.15) is 18.0 Å². The molecule has 176 valence electrons. The molecule has 6 nitrogen and oxygen atoms in total. The second kappa shape index (κ2) is 9.84. The second-order valence-electron chi connectivity index (χ2n) is 9.62. The highest BCUT2D eigenvalue weighted by Crippen LogP contribution is 2.36. The third kappa shape index (κ3) is 4.76. The van der Waals surface area contributed by atoms with Crippen molar-refractivity contribution in [2.24, 2.45) is 5.92 Å². The summed E-state index contributed by atoms with van der Waals surface area (Å²) in [5, 5.41) is 3.37. The molecule has 1 amide bonds. The third-order valence-corrected chi connectivity index (χ3v) is 7.27. The Hall–Kier alpha value is -3.41. The number of rotatable bonds is 5. The van der Waals surface area contributed by atoms with Gasteiger partial charge in [-0.25, -0.2) is 9.97 Å². The van der Waals surface area contributed by atoms with Crippen molar-refractivity contribution in [1.82, 2.24) is 14.9 Å². The van der Waals surface area contributed by atoms with E-state index in [1.54, 1.807) is 6.33 Å². The Bertz CT molecular complexity index is 1160. The van der Waals surface area contributed by atoms with E-state index in [-0.39, 0.29) is 5.91 Å². The van der Waals surface area contributed by atoms with E-state index in [1.807, 2.05) is 48.3 Å². The highest BCUT2D eigenvalue weighted by molar-refractivity contribution is 5.95. The molecule has 5 rings (SSSR count). The fraction of sp³-hybridized carbons (Fsp3) is 0.393. The van der Waals surface area contributed by atoms with Crippen LogP contribution in [-0.4, -0.2) is 40.4 Å². The van der Waals surface area contributed by atoms with Gasteiger partial charge in [-0.2, -0.15) is 0 Å². The molecular weight excluding hydrogens is 422 g/mol. The van der Waals surface area contributed by atoms with Crippen LogP contribution in [0.2, 0.25) is 0 Å². The molecule has 0 spiro atoms. The number of likely N-dealkylation sites (tertiary alicyclic amines) is 1. The number of aryl methyl sites for hydroxylation is 1. The van der Waals surface area contributed by atoms with Crippen LogP contribution in [-0.2, 0) is 0 Å². The first kappa shape index (κ1) is 22.4. The van der Waals surface area contributed by atoms with E-state index in [9.17, 15) is 4.79 Å². The SMILES string of the molecule is Cc1cccc(N(C)c2cc(Nc3cccc(C(=O)N4CCCC5CCCCC54)c3)ncn2)c1. The van der Waals surface area contributed by atoms with Gasteiger partial charge in [-0.3, -0.25) is 4.79 Å². The Balaban J connectivity index is 1.32. The van der Waals surface area contributed by atoms with Gasteiger partial charge in [-0.15, -0.1) is 0 Å². The molecule has 1 N–H and O–H groups in total. The molecule has 3 aromatic rings. The Morgan fingerprint density at radius 3 is 2.71 bits per heavy atom. The summed E-state index contributed by atoms with van der Waals surface area (Å²) in [6.45, 7) is 2.95. The monoisotopic (exact) mass is 455 g/mol. The molecule has 2 heterocycles. The quantitative estimate of drug-likeness (QED) is 0.504. The molecule has 2 aromatic carbocycles. The molecular formula is C28H33N5O. The Labute approximate surface area is 202 Å². The molecule has 2 unspecified atom stereocenters. The number of carbonyl (C=O) groups excluding carboxylic acids is 1. The van der Waals surface area contributed by atoms with Crippen molar-refractivity contribution in [3.8, 4) is 0 Å². The van der Waals surface area contributed by atoms with Crippen LogP contribution in [0.1, 0.15) is 54.4 Å². The number of hydrogen-bond acceptors (Lipinski definition) is 5. The predicted molar refractivity (Wildman–Crippen MR) is 137 cm³/mol. The van der Waals surface area contributed by atoms with Gasteiger partial charge in [0.05, 0.1) is 0 Å². The van der Waals surface area contributed by atoms with E-state index in [1.165, 1.54) is 31.2 Å². The summed E-state index contributed by atoms with van der Waals surface area (Å²) >= 11 is 0. The lowest BCUT2D eigenvalue weighted by Gasteiger charge is -2.44. The van der Waals surface area contributed by atoms with E-state index in [0.29, 0.717) is 17.8 Å². The molecule has 0 bridgehead atoms. The molecule has 1 saturated heterocycles. The van der Waals surface area contributed by atoms with Crippen LogP contribution in [0.15, 0.2) is 60.9 Å². The summed E-state index contributed by atoms with van der Waals surface area (Å²) in [5.41, 5.74) is 3.86. The van der Waals surface area contributed by atoms with Crippen LogP contribution in [0.4, 0.5) is 23.0 Å². The number of amides is 1. The van der Waals surface area contributed by atoms with E-state index in [4.69, 9.17) is 0 Å².